The summed E-state index contributed by atoms with van der Waals surface area (Å²) in [4.78, 5) is 4.41. The van der Waals surface area contributed by atoms with E-state index >= 15 is 0 Å². The molecule has 0 amide bonds. The Kier molecular flexibility index (Phi) is 5.88. The minimum atomic E-state index is -0.251. The van der Waals surface area contributed by atoms with Crippen LogP contribution in [-0.2, 0) is 11.2 Å². The molecule has 0 aromatic heterocycles. The van der Waals surface area contributed by atoms with Crippen LogP contribution in [0.15, 0.2) is 47.5 Å². The highest BCUT2D eigenvalue weighted by molar-refractivity contribution is 5.99. The molecule has 0 saturated carbocycles. The van der Waals surface area contributed by atoms with Crippen LogP contribution in [0.5, 0.6) is 5.75 Å². The van der Waals surface area contributed by atoms with Gasteiger partial charge in [-0.1, -0.05) is 30.3 Å². The molecule has 2 aromatic carbocycles. The maximum Gasteiger partial charge on any atom is 0.145 e. The van der Waals surface area contributed by atoms with Crippen LogP contribution < -0.4 is 10.6 Å². The van der Waals surface area contributed by atoms with Gasteiger partial charge in [-0.25, -0.2) is 10.2 Å². The van der Waals surface area contributed by atoms with E-state index in [0.29, 0.717) is 24.3 Å². The zero-order valence-corrected chi connectivity index (χ0v) is 15.9. The molecule has 28 heavy (non-hydrogen) atoms. The summed E-state index contributed by atoms with van der Waals surface area (Å²) >= 11 is 0. The number of amidine groups is 1. The number of hydrogen-bond acceptors (Lipinski definition) is 5. The Morgan fingerprint density at radius 3 is 2.71 bits per heavy atom. The molecule has 0 spiro atoms. The van der Waals surface area contributed by atoms with Crippen molar-refractivity contribution in [3.05, 3.63) is 65.0 Å². The van der Waals surface area contributed by atoms with Gasteiger partial charge in [0, 0.05) is 24.7 Å². The van der Waals surface area contributed by atoms with Crippen LogP contribution in [0.3, 0.4) is 0 Å². The monoisotopic (exact) mass is 383 g/mol. The van der Waals surface area contributed by atoms with Crippen molar-refractivity contribution in [3.63, 3.8) is 0 Å². The number of benzene rings is 2. The Morgan fingerprint density at radius 2 is 2.04 bits per heavy atom. The molecule has 0 bridgehead atoms. The summed E-state index contributed by atoms with van der Waals surface area (Å²) in [6.45, 7) is 2.72. The lowest BCUT2D eigenvalue weighted by Crippen LogP contribution is -2.34. The molecule has 4 rings (SSSR count). The van der Waals surface area contributed by atoms with Crippen LogP contribution in [0.25, 0.3) is 0 Å². The number of ether oxygens (including phenoxy) is 2. The smallest absolute Gasteiger partial charge is 0.145 e. The average Bonchev–Trinajstić information content (AvgIpc) is 3.15. The second-order valence-electron chi connectivity index (χ2n) is 7.33. The minimum Gasteiger partial charge on any atom is -0.491 e. The van der Waals surface area contributed by atoms with E-state index in [4.69, 9.17) is 15.3 Å². The molecule has 1 saturated heterocycles. The first-order valence-corrected chi connectivity index (χ1v) is 9.88. The quantitative estimate of drug-likeness (QED) is 0.778. The fourth-order valence-electron chi connectivity index (χ4n) is 3.60. The van der Waals surface area contributed by atoms with Gasteiger partial charge in [0.25, 0.3) is 0 Å². The number of hydrogen-bond donors (Lipinski definition) is 1. The highest BCUT2D eigenvalue weighted by Gasteiger charge is 2.16. The van der Waals surface area contributed by atoms with Gasteiger partial charge < -0.3 is 9.47 Å². The van der Waals surface area contributed by atoms with Gasteiger partial charge in [-0.3, -0.25) is 10.0 Å². The fraction of sp³-hybridized carbons (Fsp3) is 0.409. The Hall–Kier alpha value is -2.44. The molecule has 2 aromatic rings. The molecule has 6 heteroatoms. The molecule has 1 unspecified atom stereocenters. The second kappa shape index (κ2) is 8.71. The molecule has 0 radical (unpaired) electrons. The van der Waals surface area contributed by atoms with Gasteiger partial charge in [-0.2, -0.15) is 0 Å². The minimum absolute atomic E-state index is 0.115. The standard InChI is InChI=1S/C22H26FN3O2/c23-21-14-19(28-15-20-3-1-2-12-27-20)9-8-18(21)13-16-4-6-17(7-5-16)22-25-10-11-26(22)24/h4-9,14,20H,1-3,10-13,15,24H2. The van der Waals surface area contributed by atoms with Gasteiger partial charge in [0.2, 0.25) is 0 Å². The summed E-state index contributed by atoms with van der Waals surface area (Å²) in [5, 5.41) is 1.66. The zero-order valence-electron chi connectivity index (χ0n) is 15.9. The number of hydrazine groups is 1. The van der Waals surface area contributed by atoms with Crippen LogP contribution in [0.4, 0.5) is 4.39 Å². The van der Waals surface area contributed by atoms with E-state index in [1.54, 1.807) is 11.1 Å². The summed E-state index contributed by atoms with van der Waals surface area (Å²) in [6, 6.07) is 13.0. The van der Waals surface area contributed by atoms with Crippen LogP contribution in [-0.4, -0.2) is 43.3 Å². The van der Waals surface area contributed by atoms with Gasteiger partial charge >= 0.3 is 0 Å². The van der Waals surface area contributed by atoms with Crippen LogP contribution in [0.2, 0.25) is 0 Å². The van der Waals surface area contributed by atoms with E-state index in [2.05, 4.69) is 4.99 Å². The van der Waals surface area contributed by atoms with Crippen molar-refractivity contribution in [2.45, 2.75) is 31.8 Å². The Labute approximate surface area is 164 Å². The molecule has 1 atom stereocenters. The first-order chi connectivity index (χ1) is 13.7. The molecule has 1 fully saturated rings. The Morgan fingerprint density at radius 1 is 1.18 bits per heavy atom. The summed E-state index contributed by atoms with van der Waals surface area (Å²) in [7, 11) is 0. The second-order valence-corrected chi connectivity index (χ2v) is 7.33. The lowest BCUT2D eigenvalue weighted by atomic mass is 10.0. The normalized spacial score (nSPS) is 19.6. The van der Waals surface area contributed by atoms with Crippen molar-refractivity contribution in [1.82, 2.24) is 5.01 Å². The molecule has 148 valence electrons. The maximum absolute atomic E-state index is 14.5. The third-order valence-corrected chi connectivity index (χ3v) is 5.22. The van der Waals surface area contributed by atoms with Gasteiger partial charge in [0.1, 0.15) is 24.0 Å². The summed E-state index contributed by atoms with van der Waals surface area (Å²) < 4.78 is 25.9. The van der Waals surface area contributed by atoms with Crippen molar-refractivity contribution in [2.75, 3.05) is 26.3 Å². The van der Waals surface area contributed by atoms with E-state index in [1.165, 1.54) is 6.07 Å². The molecule has 2 aliphatic heterocycles. The largest absolute Gasteiger partial charge is 0.491 e. The molecule has 0 aliphatic carbocycles. The van der Waals surface area contributed by atoms with E-state index < -0.39 is 0 Å². The fourth-order valence-corrected chi connectivity index (χ4v) is 3.60. The number of nitrogens with two attached hydrogens (primary N) is 1. The number of rotatable bonds is 6. The van der Waals surface area contributed by atoms with Crippen molar-refractivity contribution >= 4 is 5.84 Å². The lowest BCUT2D eigenvalue weighted by molar-refractivity contribution is -0.0111. The molecule has 2 N–H and O–H groups in total. The van der Waals surface area contributed by atoms with Crippen molar-refractivity contribution in [3.8, 4) is 5.75 Å². The predicted octanol–water partition coefficient (Wildman–Crippen LogP) is 3.30. The Balaban J connectivity index is 1.36. The third kappa shape index (κ3) is 4.51. The van der Waals surface area contributed by atoms with E-state index in [1.807, 2.05) is 30.3 Å². The molecular formula is C22H26FN3O2. The van der Waals surface area contributed by atoms with Gasteiger partial charge in [-0.15, -0.1) is 0 Å². The topological polar surface area (TPSA) is 60.1 Å². The zero-order chi connectivity index (χ0) is 19.3. The van der Waals surface area contributed by atoms with E-state index in [0.717, 1.165) is 55.9 Å². The van der Waals surface area contributed by atoms with Gasteiger partial charge in [0.05, 0.1) is 19.2 Å². The summed E-state index contributed by atoms with van der Waals surface area (Å²) in [5.41, 5.74) is 2.67. The molecule has 5 nitrogen and oxygen atoms in total. The number of nitrogens with zero attached hydrogens (tertiary/aromatic N) is 2. The average molecular weight is 383 g/mol. The summed E-state index contributed by atoms with van der Waals surface area (Å²) in [6.07, 6.45) is 3.92. The molecule has 2 heterocycles. The highest BCUT2D eigenvalue weighted by Crippen LogP contribution is 2.21. The SMILES string of the molecule is NN1CCN=C1c1ccc(Cc2ccc(OCC3CCCCO3)cc2F)cc1. The first-order valence-electron chi connectivity index (χ1n) is 9.88. The van der Waals surface area contributed by atoms with E-state index in [-0.39, 0.29) is 11.9 Å². The van der Waals surface area contributed by atoms with Gasteiger partial charge in [0.15, 0.2) is 0 Å². The van der Waals surface area contributed by atoms with Crippen molar-refractivity contribution in [1.29, 1.82) is 0 Å². The number of halogens is 1. The van der Waals surface area contributed by atoms with Crippen LogP contribution >= 0.6 is 0 Å². The maximum atomic E-state index is 14.5. The van der Waals surface area contributed by atoms with E-state index in [9.17, 15) is 4.39 Å². The number of aliphatic imine (C=N–C) groups is 1. The summed E-state index contributed by atoms with van der Waals surface area (Å²) in [5.74, 6) is 7.02. The highest BCUT2D eigenvalue weighted by atomic mass is 19.1. The Bertz CT molecular complexity index is 832. The molecular weight excluding hydrogens is 357 g/mol. The predicted molar refractivity (Wildman–Crippen MR) is 107 cm³/mol. The van der Waals surface area contributed by atoms with Crippen molar-refractivity contribution in [2.24, 2.45) is 10.8 Å². The lowest BCUT2D eigenvalue weighted by Gasteiger charge is -2.22. The van der Waals surface area contributed by atoms with Crippen molar-refractivity contribution < 1.29 is 13.9 Å². The van der Waals surface area contributed by atoms with Crippen LogP contribution in [0, 0.1) is 5.82 Å². The molecule has 2 aliphatic rings. The first kappa shape index (κ1) is 18.9. The van der Waals surface area contributed by atoms with Gasteiger partial charge in [-0.05, 0) is 36.5 Å². The third-order valence-electron chi connectivity index (χ3n) is 5.22. The van der Waals surface area contributed by atoms with Crippen LogP contribution in [0.1, 0.15) is 36.0 Å².